The Morgan fingerprint density at radius 3 is 2.58 bits per heavy atom. The summed E-state index contributed by atoms with van der Waals surface area (Å²) < 4.78 is 13.3. The maximum Gasteiger partial charge on any atom is 0.234 e. The topological polar surface area (TPSA) is 55.8 Å². The highest BCUT2D eigenvalue weighted by Crippen LogP contribution is 2.27. The van der Waals surface area contributed by atoms with E-state index < -0.39 is 0 Å². The number of rotatable bonds is 5. The molecule has 0 aromatic heterocycles. The number of phenolic OH excluding ortho intramolecular Hbond substituents is 1. The Labute approximate surface area is 153 Å². The number of hydrogen-bond donors (Lipinski definition) is 2. The van der Waals surface area contributed by atoms with Gasteiger partial charge in [-0.3, -0.25) is 9.69 Å². The number of aryl methyl sites for hydroxylation is 1. The number of nitrogens with zero attached hydrogens (tertiary/aromatic N) is 2. The van der Waals surface area contributed by atoms with Gasteiger partial charge in [-0.2, -0.15) is 0 Å². The molecule has 3 rings (SSSR count). The second-order valence-corrected chi connectivity index (χ2v) is 6.61. The molecule has 0 radical (unpaired) electrons. The van der Waals surface area contributed by atoms with E-state index in [9.17, 15) is 14.3 Å². The summed E-state index contributed by atoms with van der Waals surface area (Å²) in [6.45, 7) is 5.51. The van der Waals surface area contributed by atoms with Gasteiger partial charge < -0.3 is 15.3 Å². The number of phenols is 1. The van der Waals surface area contributed by atoms with Crippen LogP contribution in [0.1, 0.15) is 11.1 Å². The van der Waals surface area contributed by atoms with Gasteiger partial charge in [0.15, 0.2) is 0 Å². The van der Waals surface area contributed by atoms with E-state index in [1.165, 1.54) is 6.07 Å². The predicted octanol–water partition coefficient (Wildman–Crippen LogP) is 2.28. The van der Waals surface area contributed by atoms with Crippen molar-refractivity contribution in [3.8, 4) is 5.75 Å². The molecule has 2 aromatic carbocycles. The smallest absolute Gasteiger partial charge is 0.234 e. The summed E-state index contributed by atoms with van der Waals surface area (Å²) in [4.78, 5) is 16.4. The van der Waals surface area contributed by atoms with Gasteiger partial charge in [-0.25, -0.2) is 4.39 Å². The average Bonchev–Trinajstić information content (AvgIpc) is 2.64. The summed E-state index contributed by atoms with van der Waals surface area (Å²) in [5.74, 6) is 0.0127. The molecule has 0 spiro atoms. The molecule has 6 heteroatoms. The van der Waals surface area contributed by atoms with Crippen molar-refractivity contribution in [2.75, 3.05) is 37.6 Å². The molecule has 1 amide bonds. The number of benzene rings is 2. The van der Waals surface area contributed by atoms with Gasteiger partial charge in [0.25, 0.3) is 0 Å². The predicted molar refractivity (Wildman–Crippen MR) is 99.7 cm³/mol. The van der Waals surface area contributed by atoms with Crippen LogP contribution in [0.4, 0.5) is 10.1 Å². The minimum Gasteiger partial charge on any atom is -0.506 e. The minimum atomic E-state index is -0.234. The van der Waals surface area contributed by atoms with Crippen molar-refractivity contribution in [3.05, 3.63) is 59.4 Å². The molecule has 0 saturated carbocycles. The van der Waals surface area contributed by atoms with E-state index in [4.69, 9.17) is 0 Å². The molecular formula is C20H24FN3O2. The highest BCUT2D eigenvalue weighted by Gasteiger charge is 2.20. The van der Waals surface area contributed by atoms with Crippen LogP contribution in [0.5, 0.6) is 5.75 Å². The van der Waals surface area contributed by atoms with Crippen molar-refractivity contribution in [2.45, 2.75) is 13.5 Å². The van der Waals surface area contributed by atoms with Crippen LogP contribution in [0, 0.1) is 12.7 Å². The summed E-state index contributed by atoms with van der Waals surface area (Å²) in [6, 6.07) is 12.2. The molecule has 5 nitrogen and oxygen atoms in total. The highest BCUT2D eigenvalue weighted by molar-refractivity contribution is 5.78. The third-order valence-electron chi connectivity index (χ3n) is 4.67. The van der Waals surface area contributed by atoms with Crippen LogP contribution in [0.3, 0.4) is 0 Å². The zero-order valence-corrected chi connectivity index (χ0v) is 14.9. The third kappa shape index (κ3) is 4.52. The Morgan fingerprint density at radius 2 is 1.88 bits per heavy atom. The number of nitrogens with one attached hydrogen (secondary N) is 1. The molecule has 0 aliphatic carbocycles. The quantitative estimate of drug-likeness (QED) is 0.862. The second-order valence-electron chi connectivity index (χ2n) is 6.61. The monoisotopic (exact) mass is 357 g/mol. The third-order valence-corrected chi connectivity index (χ3v) is 4.67. The lowest BCUT2D eigenvalue weighted by atomic mass is 10.1. The molecule has 0 bridgehead atoms. The van der Waals surface area contributed by atoms with Gasteiger partial charge in [-0.1, -0.05) is 24.3 Å². The number of piperazine rings is 1. The van der Waals surface area contributed by atoms with Gasteiger partial charge in [0.1, 0.15) is 11.6 Å². The normalized spacial score (nSPS) is 15.1. The number of carbonyl (C=O) groups is 1. The van der Waals surface area contributed by atoms with E-state index in [1.54, 1.807) is 25.1 Å². The van der Waals surface area contributed by atoms with Gasteiger partial charge in [-0.05, 0) is 36.2 Å². The number of anilines is 1. The maximum absolute atomic E-state index is 13.3. The summed E-state index contributed by atoms with van der Waals surface area (Å²) in [6.07, 6.45) is 0. The Kier molecular flexibility index (Phi) is 5.73. The van der Waals surface area contributed by atoms with E-state index in [2.05, 4.69) is 15.1 Å². The van der Waals surface area contributed by atoms with Crippen LogP contribution in [0.25, 0.3) is 0 Å². The number of halogens is 1. The first-order valence-corrected chi connectivity index (χ1v) is 8.80. The Balaban J connectivity index is 1.44. The Morgan fingerprint density at radius 1 is 1.15 bits per heavy atom. The van der Waals surface area contributed by atoms with Crippen molar-refractivity contribution in [1.29, 1.82) is 0 Å². The molecule has 26 heavy (non-hydrogen) atoms. The van der Waals surface area contributed by atoms with E-state index in [-0.39, 0.29) is 17.5 Å². The Hall–Kier alpha value is -2.60. The maximum atomic E-state index is 13.3. The summed E-state index contributed by atoms with van der Waals surface area (Å²) in [7, 11) is 0. The molecule has 2 N–H and O–H groups in total. The van der Waals surface area contributed by atoms with Crippen LogP contribution >= 0.6 is 0 Å². The van der Waals surface area contributed by atoms with Crippen molar-refractivity contribution in [1.82, 2.24) is 10.2 Å². The SMILES string of the molecule is Cc1cc(CNC(=O)CN2CCN(c3ccccc3O)CC2)ccc1F. The molecule has 1 saturated heterocycles. The van der Waals surface area contributed by atoms with Crippen molar-refractivity contribution < 1.29 is 14.3 Å². The molecule has 1 fully saturated rings. The van der Waals surface area contributed by atoms with Gasteiger partial charge in [0, 0.05) is 32.7 Å². The van der Waals surface area contributed by atoms with E-state index in [0.29, 0.717) is 18.7 Å². The van der Waals surface area contributed by atoms with E-state index >= 15 is 0 Å². The van der Waals surface area contributed by atoms with Crippen molar-refractivity contribution in [2.24, 2.45) is 0 Å². The van der Waals surface area contributed by atoms with Gasteiger partial charge >= 0.3 is 0 Å². The molecular weight excluding hydrogens is 333 g/mol. The van der Waals surface area contributed by atoms with Crippen molar-refractivity contribution >= 4 is 11.6 Å². The fourth-order valence-electron chi connectivity index (χ4n) is 3.15. The molecule has 138 valence electrons. The largest absolute Gasteiger partial charge is 0.506 e. The van der Waals surface area contributed by atoms with E-state index in [0.717, 1.165) is 37.4 Å². The fourth-order valence-corrected chi connectivity index (χ4v) is 3.15. The van der Waals surface area contributed by atoms with Crippen LogP contribution in [-0.2, 0) is 11.3 Å². The lowest BCUT2D eigenvalue weighted by molar-refractivity contribution is -0.122. The Bertz CT molecular complexity index is 773. The molecule has 0 atom stereocenters. The number of para-hydroxylation sites is 2. The molecule has 1 heterocycles. The lowest BCUT2D eigenvalue weighted by Gasteiger charge is -2.35. The first kappa shape index (κ1) is 18.2. The minimum absolute atomic E-state index is 0.0389. The standard InChI is InChI=1S/C20H24FN3O2/c1-15-12-16(6-7-17(15)21)13-22-20(26)14-23-8-10-24(11-9-23)18-4-2-3-5-19(18)25/h2-7,12,25H,8-11,13-14H2,1H3,(H,22,26). The highest BCUT2D eigenvalue weighted by atomic mass is 19.1. The van der Waals surface area contributed by atoms with Crippen LogP contribution in [0.2, 0.25) is 0 Å². The van der Waals surface area contributed by atoms with Crippen molar-refractivity contribution in [3.63, 3.8) is 0 Å². The first-order valence-electron chi connectivity index (χ1n) is 8.80. The average molecular weight is 357 g/mol. The molecule has 0 unspecified atom stereocenters. The number of amides is 1. The fraction of sp³-hybridized carbons (Fsp3) is 0.350. The van der Waals surface area contributed by atoms with Crippen LogP contribution in [-0.4, -0.2) is 48.6 Å². The van der Waals surface area contributed by atoms with Gasteiger partial charge in [-0.15, -0.1) is 0 Å². The molecule has 1 aliphatic heterocycles. The molecule has 1 aliphatic rings. The zero-order chi connectivity index (χ0) is 18.5. The van der Waals surface area contributed by atoms with Crippen LogP contribution < -0.4 is 10.2 Å². The number of hydrogen-bond acceptors (Lipinski definition) is 4. The van der Waals surface area contributed by atoms with Crippen LogP contribution in [0.15, 0.2) is 42.5 Å². The summed E-state index contributed by atoms with van der Waals surface area (Å²) >= 11 is 0. The van der Waals surface area contributed by atoms with Gasteiger partial charge in [0.2, 0.25) is 5.91 Å². The number of aromatic hydroxyl groups is 1. The summed E-state index contributed by atoms with van der Waals surface area (Å²) in [5.41, 5.74) is 2.31. The van der Waals surface area contributed by atoms with Gasteiger partial charge in [0.05, 0.1) is 12.2 Å². The first-order chi connectivity index (χ1) is 12.5. The second kappa shape index (κ2) is 8.19. The molecule has 2 aromatic rings. The summed E-state index contributed by atoms with van der Waals surface area (Å²) in [5, 5.41) is 12.8. The zero-order valence-electron chi connectivity index (χ0n) is 14.9. The van der Waals surface area contributed by atoms with E-state index in [1.807, 2.05) is 18.2 Å². The lowest BCUT2D eigenvalue weighted by Crippen LogP contribution is -2.49. The number of carbonyl (C=O) groups excluding carboxylic acids is 1.